The Balaban J connectivity index is 1.78. The van der Waals surface area contributed by atoms with E-state index in [1.54, 1.807) is 10.9 Å². The van der Waals surface area contributed by atoms with E-state index >= 15 is 0 Å². The maximum atomic E-state index is 13.9. The van der Waals surface area contributed by atoms with E-state index in [1.807, 2.05) is 30.3 Å². The second kappa shape index (κ2) is 5.97. The molecule has 112 valence electrons. The smallest absolute Gasteiger partial charge is 0.146 e. The van der Waals surface area contributed by atoms with Crippen LogP contribution in [0.3, 0.4) is 0 Å². The van der Waals surface area contributed by atoms with Crippen LogP contribution in [0.2, 0.25) is 0 Å². The van der Waals surface area contributed by atoms with Crippen molar-refractivity contribution in [1.82, 2.24) is 9.78 Å². The summed E-state index contributed by atoms with van der Waals surface area (Å²) >= 11 is 0. The van der Waals surface area contributed by atoms with Crippen molar-refractivity contribution in [2.75, 3.05) is 5.73 Å². The number of anilines is 1. The number of hydrogen-bond donors (Lipinski definition) is 1. The summed E-state index contributed by atoms with van der Waals surface area (Å²) in [4.78, 5) is 0. The molecule has 3 aromatic rings. The molecule has 0 aliphatic carbocycles. The zero-order valence-electron chi connectivity index (χ0n) is 11.8. The molecule has 1 aromatic heterocycles. The second-order valence-corrected chi connectivity index (χ2v) is 5.08. The Morgan fingerprint density at radius 3 is 2.59 bits per heavy atom. The molecule has 5 heteroatoms. The molecule has 0 radical (unpaired) electrons. The van der Waals surface area contributed by atoms with Crippen LogP contribution in [0.5, 0.6) is 0 Å². The fraction of sp³-hybridized carbons (Fsp3) is 0.118. The van der Waals surface area contributed by atoms with E-state index in [-0.39, 0.29) is 11.3 Å². The van der Waals surface area contributed by atoms with Crippen molar-refractivity contribution in [3.05, 3.63) is 72.1 Å². The molecule has 0 fully saturated rings. The zero-order valence-corrected chi connectivity index (χ0v) is 11.8. The van der Waals surface area contributed by atoms with Gasteiger partial charge >= 0.3 is 0 Å². The molecule has 2 N–H and O–H groups in total. The monoisotopic (exact) mass is 299 g/mol. The van der Waals surface area contributed by atoms with Crippen molar-refractivity contribution < 1.29 is 8.78 Å². The molecule has 0 atom stereocenters. The third kappa shape index (κ3) is 2.98. The summed E-state index contributed by atoms with van der Waals surface area (Å²) in [6, 6.07) is 12.1. The minimum atomic E-state index is -0.631. The summed E-state index contributed by atoms with van der Waals surface area (Å²) in [5.41, 5.74) is 7.05. The summed E-state index contributed by atoms with van der Waals surface area (Å²) in [5, 5.41) is 4.20. The highest BCUT2D eigenvalue weighted by molar-refractivity contribution is 5.65. The molecule has 0 aliphatic rings. The van der Waals surface area contributed by atoms with Crippen molar-refractivity contribution >= 4 is 5.69 Å². The number of halogens is 2. The number of nitrogens with two attached hydrogens (primary N) is 1. The molecule has 0 spiro atoms. The first-order chi connectivity index (χ1) is 10.6. The lowest BCUT2D eigenvalue weighted by molar-refractivity contribution is 0.606. The van der Waals surface area contributed by atoms with Crippen LogP contribution < -0.4 is 5.73 Å². The van der Waals surface area contributed by atoms with Gasteiger partial charge in [-0.25, -0.2) is 8.78 Å². The fourth-order valence-corrected chi connectivity index (χ4v) is 2.30. The highest BCUT2D eigenvalue weighted by Crippen LogP contribution is 2.26. The highest BCUT2D eigenvalue weighted by atomic mass is 19.1. The molecule has 3 nitrogen and oxygen atoms in total. The van der Waals surface area contributed by atoms with Gasteiger partial charge in [-0.15, -0.1) is 0 Å². The van der Waals surface area contributed by atoms with E-state index in [1.165, 1.54) is 11.8 Å². The average molecular weight is 299 g/mol. The predicted octanol–water partition coefficient (Wildman–Crippen LogP) is 3.65. The first-order valence-electron chi connectivity index (χ1n) is 6.95. The van der Waals surface area contributed by atoms with Gasteiger partial charge in [0.25, 0.3) is 0 Å². The van der Waals surface area contributed by atoms with E-state index in [2.05, 4.69) is 5.10 Å². The van der Waals surface area contributed by atoms with Crippen LogP contribution in [0.25, 0.3) is 11.1 Å². The normalized spacial score (nSPS) is 10.8. The first-order valence-corrected chi connectivity index (χ1v) is 6.95. The zero-order chi connectivity index (χ0) is 15.5. The molecule has 3 rings (SSSR count). The summed E-state index contributed by atoms with van der Waals surface area (Å²) in [7, 11) is 0. The Labute approximate surface area is 127 Å². The van der Waals surface area contributed by atoms with Gasteiger partial charge in [-0.3, -0.25) is 4.68 Å². The van der Waals surface area contributed by atoms with Gasteiger partial charge in [0.2, 0.25) is 0 Å². The van der Waals surface area contributed by atoms with Gasteiger partial charge in [0.05, 0.1) is 11.9 Å². The minimum absolute atomic E-state index is 0.165. The van der Waals surface area contributed by atoms with Crippen LogP contribution in [-0.4, -0.2) is 9.78 Å². The van der Waals surface area contributed by atoms with Gasteiger partial charge in [0.1, 0.15) is 11.6 Å². The number of nitrogens with zero attached hydrogens (tertiary/aromatic N) is 2. The molecule has 2 aromatic carbocycles. The van der Waals surface area contributed by atoms with Crippen molar-refractivity contribution in [2.45, 2.75) is 13.0 Å². The lowest BCUT2D eigenvalue weighted by Crippen LogP contribution is -2.01. The molecule has 0 saturated heterocycles. The summed E-state index contributed by atoms with van der Waals surface area (Å²) in [5.74, 6) is -1.19. The summed E-state index contributed by atoms with van der Waals surface area (Å²) < 4.78 is 29.1. The number of aromatic nitrogens is 2. The van der Waals surface area contributed by atoms with Gasteiger partial charge < -0.3 is 5.73 Å². The van der Waals surface area contributed by atoms with E-state index < -0.39 is 11.6 Å². The van der Waals surface area contributed by atoms with Crippen LogP contribution >= 0.6 is 0 Å². The maximum absolute atomic E-state index is 13.9. The van der Waals surface area contributed by atoms with E-state index in [4.69, 9.17) is 5.73 Å². The van der Waals surface area contributed by atoms with Gasteiger partial charge in [0, 0.05) is 29.9 Å². The third-order valence-electron chi connectivity index (χ3n) is 3.50. The van der Waals surface area contributed by atoms with Crippen molar-refractivity contribution in [3.8, 4) is 11.1 Å². The Morgan fingerprint density at radius 2 is 1.82 bits per heavy atom. The molecule has 0 unspecified atom stereocenters. The molecule has 22 heavy (non-hydrogen) atoms. The Bertz CT molecular complexity index is 782. The van der Waals surface area contributed by atoms with E-state index in [0.717, 1.165) is 18.6 Å². The van der Waals surface area contributed by atoms with Gasteiger partial charge in [0.15, 0.2) is 0 Å². The van der Waals surface area contributed by atoms with Crippen LogP contribution in [0.4, 0.5) is 14.5 Å². The molecule has 0 amide bonds. The highest BCUT2D eigenvalue weighted by Gasteiger charge is 2.11. The largest absolute Gasteiger partial charge is 0.396 e. The number of aryl methyl sites for hydroxylation is 2. The van der Waals surface area contributed by atoms with Crippen molar-refractivity contribution in [3.63, 3.8) is 0 Å². The fourth-order valence-electron chi connectivity index (χ4n) is 2.30. The van der Waals surface area contributed by atoms with Crippen molar-refractivity contribution in [2.24, 2.45) is 0 Å². The van der Waals surface area contributed by atoms with Gasteiger partial charge in [-0.05, 0) is 18.1 Å². The maximum Gasteiger partial charge on any atom is 0.146 e. The predicted molar refractivity (Wildman–Crippen MR) is 82.1 cm³/mol. The molecule has 0 saturated carbocycles. The third-order valence-corrected chi connectivity index (χ3v) is 3.50. The SMILES string of the molecule is Nc1cc(F)c(-c2cnn(CCc3ccccc3)c2)cc1F. The molecule has 0 bridgehead atoms. The quantitative estimate of drug-likeness (QED) is 0.747. The molecule has 0 aliphatic heterocycles. The first kappa shape index (κ1) is 14.3. The van der Waals surface area contributed by atoms with Crippen LogP contribution in [0.1, 0.15) is 5.56 Å². The standard InChI is InChI=1S/C17H15F2N3/c18-15-9-17(20)16(19)8-14(15)13-10-21-22(11-13)7-6-12-4-2-1-3-5-12/h1-5,8-11H,6-7,20H2. The topological polar surface area (TPSA) is 43.8 Å². The number of hydrogen-bond acceptors (Lipinski definition) is 2. The Kier molecular flexibility index (Phi) is 3.87. The summed E-state index contributed by atoms with van der Waals surface area (Å²) in [6.07, 6.45) is 4.05. The van der Waals surface area contributed by atoms with E-state index in [9.17, 15) is 8.78 Å². The Morgan fingerprint density at radius 1 is 1.05 bits per heavy atom. The van der Waals surface area contributed by atoms with Crippen LogP contribution in [-0.2, 0) is 13.0 Å². The molecular formula is C17H15F2N3. The van der Waals surface area contributed by atoms with Gasteiger partial charge in [-0.1, -0.05) is 30.3 Å². The van der Waals surface area contributed by atoms with Crippen LogP contribution in [0, 0.1) is 11.6 Å². The molecular weight excluding hydrogens is 284 g/mol. The minimum Gasteiger partial charge on any atom is -0.396 e. The molecule has 1 heterocycles. The van der Waals surface area contributed by atoms with Crippen LogP contribution in [0.15, 0.2) is 54.9 Å². The van der Waals surface area contributed by atoms with Crippen molar-refractivity contribution in [1.29, 1.82) is 0 Å². The number of rotatable bonds is 4. The number of nitrogen functional groups attached to an aromatic ring is 1. The Hall–Kier alpha value is -2.69. The van der Waals surface area contributed by atoms with E-state index in [0.29, 0.717) is 12.1 Å². The lowest BCUT2D eigenvalue weighted by Gasteiger charge is -2.03. The second-order valence-electron chi connectivity index (χ2n) is 5.08. The number of benzene rings is 2. The van der Waals surface area contributed by atoms with Gasteiger partial charge in [-0.2, -0.15) is 5.10 Å². The lowest BCUT2D eigenvalue weighted by atomic mass is 10.1. The average Bonchev–Trinajstić information content (AvgIpc) is 2.98. The summed E-state index contributed by atoms with van der Waals surface area (Å²) in [6.45, 7) is 0.670.